The van der Waals surface area contributed by atoms with Gasteiger partial charge in [-0.25, -0.2) is 9.78 Å². The molecular weight excluding hydrogens is 280 g/mol. The number of carbonyl (C=O) groups is 1. The Hall–Kier alpha value is -1.40. The molecule has 20 heavy (non-hydrogen) atoms. The van der Waals surface area contributed by atoms with Gasteiger partial charge < -0.3 is 15.8 Å². The van der Waals surface area contributed by atoms with E-state index in [1.54, 1.807) is 27.0 Å². The zero-order valence-corrected chi connectivity index (χ0v) is 13.0. The number of nitrogens with two attached hydrogens (primary N) is 1. The molecule has 1 aromatic heterocycles. The normalized spacial score (nSPS) is 14.5. The number of hydrogen-bond donors (Lipinski definition) is 2. The summed E-state index contributed by atoms with van der Waals surface area (Å²) in [6.45, 7) is 7.91. The highest BCUT2D eigenvalue weighted by Crippen LogP contribution is 2.20. The first-order valence-electron chi connectivity index (χ1n) is 6.31. The van der Waals surface area contributed by atoms with Crippen LogP contribution in [0.3, 0.4) is 0 Å². The van der Waals surface area contributed by atoms with E-state index < -0.39 is 17.1 Å². The van der Waals surface area contributed by atoms with Gasteiger partial charge in [-0.05, 0) is 20.8 Å². The van der Waals surface area contributed by atoms with E-state index in [9.17, 15) is 4.79 Å². The Morgan fingerprint density at radius 3 is 2.45 bits per heavy atom. The van der Waals surface area contributed by atoms with E-state index in [1.807, 2.05) is 6.92 Å². The first-order chi connectivity index (χ1) is 9.16. The molecule has 0 spiro atoms. The quantitative estimate of drug-likeness (QED) is 0.886. The van der Waals surface area contributed by atoms with Crippen LogP contribution < -0.4 is 11.1 Å². The lowest BCUT2D eigenvalue weighted by atomic mass is 9.87. The van der Waals surface area contributed by atoms with Crippen molar-refractivity contribution in [1.82, 2.24) is 15.3 Å². The second-order valence-electron chi connectivity index (χ2n) is 5.84. The first kappa shape index (κ1) is 16.7. The molecule has 0 radical (unpaired) electrons. The molecule has 1 aromatic rings. The summed E-state index contributed by atoms with van der Waals surface area (Å²) in [4.78, 5) is 19.9. The van der Waals surface area contributed by atoms with E-state index in [0.717, 1.165) is 0 Å². The molecule has 0 aliphatic rings. The van der Waals surface area contributed by atoms with Crippen molar-refractivity contribution in [2.75, 3.05) is 13.1 Å². The van der Waals surface area contributed by atoms with Gasteiger partial charge in [0.1, 0.15) is 10.8 Å². The summed E-state index contributed by atoms with van der Waals surface area (Å²) in [6.07, 6.45) is 2.53. The number of carbonyl (C=O) groups excluding carboxylic acids is 1. The van der Waals surface area contributed by atoms with Gasteiger partial charge in [-0.1, -0.05) is 18.5 Å². The van der Waals surface area contributed by atoms with Gasteiger partial charge in [0.05, 0.1) is 18.1 Å². The predicted octanol–water partition coefficient (Wildman–Crippen LogP) is 1.87. The van der Waals surface area contributed by atoms with Crippen molar-refractivity contribution in [3.05, 3.63) is 23.2 Å². The van der Waals surface area contributed by atoms with E-state index in [4.69, 9.17) is 22.1 Å². The van der Waals surface area contributed by atoms with Crippen molar-refractivity contribution in [1.29, 1.82) is 0 Å². The highest BCUT2D eigenvalue weighted by molar-refractivity contribution is 6.29. The summed E-state index contributed by atoms with van der Waals surface area (Å²) in [7, 11) is 0. The van der Waals surface area contributed by atoms with Crippen LogP contribution in [0.1, 0.15) is 33.4 Å². The molecule has 3 N–H and O–H groups in total. The second kappa shape index (κ2) is 6.37. The zero-order chi connectivity index (χ0) is 15.4. The van der Waals surface area contributed by atoms with Crippen LogP contribution in [0.2, 0.25) is 5.15 Å². The number of alkyl carbamates (subject to hydrolysis) is 1. The number of aromatic nitrogens is 2. The van der Waals surface area contributed by atoms with Gasteiger partial charge in [-0.2, -0.15) is 0 Å². The molecule has 1 heterocycles. The van der Waals surface area contributed by atoms with Crippen LogP contribution in [-0.4, -0.2) is 34.8 Å². The summed E-state index contributed by atoms with van der Waals surface area (Å²) in [5.74, 6) is 0. The summed E-state index contributed by atoms with van der Waals surface area (Å²) < 4.78 is 5.18. The van der Waals surface area contributed by atoms with Gasteiger partial charge >= 0.3 is 6.09 Å². The smallest absolute Gasteiger partial charge is 0.407 e. The Bertz CT molecular complexity index is 458. The maximum atomic E-state index is 11.7. The van der Waals surface area contributed by atoms with Crippen LogP contribution in [0, 0.1) is 0 Å². The number of ether oxygens (including phenoxy) is 1. The Kier molecular flexibility index (Phi) is 5.30. The zero-order valence-electron chi connectivity index (χ0n) is 12.2. The van der Waals surface area contributed by atoms with E-state index >= 15 is 0 Å². The Morgan fingerprint density at radius 2 is 2.00 bits per heavy atom. The van der Waals surface area contributed by atoms with Crippen molar-refractivity contribution < 1.29 is 9.53 Å². The van der Waals surface area contributed by atoms with Crippen molar-refractivity contribution in [3.8, 4) is 0 Å². The molecule has 112 valence electrons. The van der Waals surface area contributed by atoms with Crippen molar-refractivity contribution in [2.24, 2.45) is 5.73 Å². The SMILES string of the molecule is CC(C)(C)OC(=O)NCC(C)(CN)c1cnc(Cl)cn1. The molecular formula is C13H21ClN4O2. The Morgan fingerprint density at radius 1 is 1.35 bits per heavy atom. The molecule has 0 aromatic carbocycles. The third-order valence-electron chi connectivity index (χ3n) is 2.71. The van der Waals surface area contributed by atoms with E-state index in [-0.39, 0.29) is 0 Å². The summed E-state index contributed by atoms with van der Waals surface area (Å²) >= 11 is 5.71. The monoisotopic (exact) mass is 300 g/mol. The number of nitrogens with one attached hydrogen (secondary N) is 1. The molecule has 0 fully saturated rings. The Labute approximate surface area is 124 Å². The minimum Gasteiger partial charge on any atom is -0.444 e. The van der Waals surface area contributed by atoms with Gasteiger partial charge in [0.15, 0.2) is 0 Å². The van der Waals surface area contributed by atoms with Crippen LogP contribution >= 0.6 is 11.6 Å². The number of amides is 1. The van der Waals surface area contributed by atoms with Crippen LogP contribution in [-0.2, 0) is 10.2 Å². The fraction of sp³-hybridized carbons (Fsp3) is 0.615. The number of hydrogen-bond acceptors (Lipinski definition) is 5. The van der Waals surface area contributed by atoms with E-state index in [2.05, 4.69) is 15.3 Å². The van der Waals surface area contributed by atoms with E-state index in [1.165, 1.54) is 6.20 Å². The van der Waals surface area contributed by atoms with Crippen LogP contribution in [0.4, 0.5) is 4.79 Å². The predicted molar refractivity (Wildman–Crippen MR) is 77.7 cm³/mol. The van der Waals surface area contributed by atoms with Crippen LogP contribution in [0.5, 0.6) is 0 Å². The molecule has 0 saturated carbocycles. The average molecular weight is 301 g/mol. The minimum atomic E-state index is -0.538. The van der Waals surface area contributed by atoms with E-state index in [0.29, 0.717) is 23.9 Å². The largest absolute Gasteiger partial charge is 0.444 e. The molecule has 1 rings (SSSR count). The Balaban J connectivity index is 2.71. The van der Waals surface area contributed by atoms with Crippen LogP contribution in [0.15, 0.2) is 12.4 Å². The first-order valence-corrected chi connectivity index (χ1v) is 6.69. The molecule has 1 atom stereocenters. The second-order valence-corrected chi connectivity index (χ2v) is 6.23. The molecule has 6 nitrogen and oxygen atoms in total. The minimum absolute atomic E-state index is 0.300. The van der Waals surface area contributed by atoms with Gasteiger partial charge in [0.2, 0.25) is 0 Å². The molecule has 0 bridgehead atoms. The summed E-state index contributed by atoms with van der Waals surface area (Å²) in [5.41, 5.74) is 5.39. The standard InChI is InChI=1S/C13H21ClN4O2/c1-12(2,3)20-11(19)18-8-13(4,7-15)9-5-17-10(14)6-16-9/h5-6H,7-8,15H2,1-4H3,(H,18,19). The maximum absolute atomic E-state index is 11.7. The van der Waals surface area contributed by atoms with Gasteiger partial charge in [0.25, 0.3) is 0 Å². The third-order valence-corrected chi connectivity index (χ3v) is 2.91. The third kappa shape index (κ3) is 4.94. The topological polar surface area (TPSA) is 90.1 Å². The maximum Gasteiger partial charge on any atom is 0.407 e. The van der Waals surface area contributed by atoms with Crippen molar-refractivity contribution >= 4 is 17.7 Å². The van der Waals surface area contributed by atoms with Crippen molar-refractivity contribution in [3.63, 3.8) is 0 Å². The summed E-state index contributed by atoms with van der Waals surface area (Å²) in [5, 5.41) is 3.02. The summed E-state index contributed by atoms with van der Waals surface area (Å²) in [6, 6.07) is 0. The highest BCUT2D eigenvalue weighted by atomic mass is 35.5. The molecule has 0 aliphatic carbocycles. The fourth-order valence-electron chi connectivity index (χ4n) is 1.47. The lowest BCUT2D eigenvalue weighted by Crippen LogP contribution is -2.45. The average Bonchev–Trinajstić information content (AvgIpc) is 2.35. The molecule has 1 amide bonds. The number of halogens is 1. The molecule has 7 heteroatoms. The van der Waals surface area contributed by atoms with Crippen LogP contribution in [0.25, 0.3) is 0 Å². The van der Waals surface area contributed by atoms with Gasteiger partial charge in [0, 0.05) is 18.5 Å². The van der Waals surface area contributed by atoms with Gasteiger partial charge in [-0.3, -0.25) is 4.98 Å². The molecule has 0 saturated heterocycles. The highest BCUT2D eigenvalue weighted by Gasteiger charge is 2.28. The van der Waals surface area contributed by atoms with Gasteiger partial charge in [-0.15, -0.1) is 0 Å². The lowest BCUT2D eigenvalue weighted by molar-refractivity contribution is 0.0516. The van der Waals surface area contributed by atoms with Crippen molar-refractivity contribution in [2.45, 2.75) is 38.7 Å². The number of nitrogens with zero attached hydrogens (tertiary/aromatic N) is 2. The number of rotatable bonds is 4. The molecule has 0 aliphatic heterocycles. The lowest BCUT2D eigenvalue weighted by Gasteiger charge is -2.28. The molecule has 1 unspecified atom stereocenters. The fourth-order valence-corrected chi connectivity index (χ4v) is 1.57.